The van der Waals surface area contributed by atoms with Crippen molar-refractivity contribution in [2.24, 2.45) is 5.73 Å². The molecule has 2 unspecified atom stereocenters. The number of ether oxygens (including phenoxy) is 1. The fourth-order valence-electron chi connectivity index (χ4n) is 1.52. The van der Waals surface area contributed by atoms with Crippen LogP contribution in [0, 0.1) is 0 Å². The van der Waals surface area contributed by atoms with Gasteiger partial charge in [0.1, 0.15) is 0 Å². The first-order valence-corrected chi connectivity index (χ1v) is 4.83. The average Bonchev–Trinajstić information content (AvgIpc) is 2.55. The number of hydrogen-bond donors (Lipinski definition) is 2. The van der Waals surface area contributed by atoms with Crippen molar-refractivity contribution in [2.75, 3.05) is 0 Å². The van der Waals surface area contributed by atoms with E-state index in [9.17, 15) is 5.11 Å². The van der Waals surface area contributed by atoms with Gasteiger partial charge in [-0.1, -0.05) is 19.8 Å². The van der Waals surface area contributed by atoms with E-state index in [1.165, 1.54) is 12.8 Å². The third-order valence-electron chi connectivity index (χ3n) is 2.47. The molecule has 0 bridgehead atoms. The fraction of sp³-hybridized carbons (Fsp3) is 1.00. The molecule has 2 atom stereocenters. The lowest BCUT2D eigenvalue weighted by Crippen LogP contribution is -2.38. The highest BCUT2D eigenvalue weighted by Gasteiger charge is 2.21. The van der Waals surface area contributed by atoms with Crippen LogP contribution >= 0.6 is 0 Å². The molecule has 0 heterocycles. The summed E-state index contributed by atoms with van der Waals surface area (Å²) < 4.78 is 5.39. The minimum Gasteiger partial charge on any atom is -0.367 e. The molecule has 0 amide bonds. The summed E-state index contributed by atoms with van der Waals surface area (Å²) in [7, 11) is 0. The van der Waals surface area contributed by atoms with E-state index < -0.39 is 6.29 Å². The van der Waals surface area contributed by atoms with E-state index in [-0.39, 0.29) is 12.1 Å². The second-order valence-corrected chi connectivity index (χ2v) is 3.51. The van der Waals surface area contributed by atoms with Crippen LogP contribution in [0.15, 0.2) is 0 Å². The zero-order valence-electron chi connectivity index (χ0n) is 7.70. The Morgan fingerprint density at radius 2 is 2.08 bits per heavy atom. The molecule has 0 spiro atoms. The predicted octanol–water partition coefficient (Wildman–Crippen LogP) is 1.00. The smallest absolute Gasteiger partial charge is 0.170 e. The molecule has 3 nitrogen and oxygen atoms in total. The van der Waals surface area contributed by atoms with Crippen LogP contribution < -0.4 is 5.73 Å². The molecule has 0 aromatic heterocycles. The van der Waals surface area contributed by atoms with E-state index in [4.69, 9.17) is 10.5 Å². The molecule has 3 N–H and O–H groups in total. The first-order chi connectivity index (χ1) is 5.74. The first-order valence-electron chi connectivity index (χ1n) is 4.83. The minimum absolute atomic E-state index is 0.231. The van der Waals surface area contributed by atoms with Crippen molar-refractivity contribution in [3.63, 3.8) is 0 Å². The SMILES string of the molecule is CCC(N)C(O)OC1CCCC1. The van der Waals surface area contributed by atoms with E-state index in [0.717, 1.165) is 19.3 Å². The van der Waals surface area contributed by atoms with E-state index in [1.54, 1.807) is 0 Å². The number of aliphatic hydroxyl groups is 1. The molecule has 0 aromatic rings. The number of nitrogens with two attached hydrogens (primary N) is 1. The third-order valence-corrected chi connectivity index (χ3v) is 2.47. The monoisotopic (exact) mass is 173 g/mol. The molecule has 0 aromatic carbocycles. The summed E-state index contributed by atoms with van der Waals surface area (Å²) >= 11 is 0. The summed E-state index contributed by atoms with van der Waals surface area (Å²) in [6.07, 6.45) is 4.84. The molecule has 1 saturated carbocycles. The molecule has 72 valence electrons. The Balaban J connectivity index is 2.19. The van der Waals surface area contributed by atoms with Crippen molar-refractivity contribution in [2.45, 2.75) is 57.5 Å². The molecule has 0 aliphatic heterocycles. The second-order valence-electron chi connectivity index (χ2n) is 3.51. The molecule has 0 radical (unpaired) electrons. The molecule has 12 heavy (non-hydrogen) atoms. The van der Waals surface area contributed by atoms with Gasteiger partial charge in [0.15, 0.2) is 6.29 Å². The largest absolute Gasteiger partial charge is 0.367 e. The van der Waals surface area contributed by atoms with Gasteiger partial charge in [-0.25, -0.2) is 0 Å². The summed E-state index contributed by atoms with van der Waals surface area (Å²) in [6.45, 7) is 1.95. The summed E-state index contributed by atoms with van der Waals surface area (Å²) in [5.74, 6) is 0. The number of hydrogen-bond acceptors (Lipinski definition) is 3. The lowest BCUT2D eigenvalue weighted by atomic mass is 10.2. The van der Waals surface area contributed by atoms with Crippen LogP contribution in [0.4, 0.5) is 0 Å². The maximum atomic E-state index is 9.43. The van der Waals surface area contributed by atoms with Gasteiger partial charge in [-0.2, -0.15) is 0 Å². The lowest BCUT2D eigenvalue weighted by Gasteiger charge is -2.21. The Morgan fingerprint density at radius 1 is 1.50 bits per heavy atom. The highest BCUT2D eigenvalue weighted by atomic mass is 16.6. The van der Waals surface area contributed by atoms with Gasteiger partial charge in [-0.15, -0.1) is 0 Å². The maximum Gasteiger partial charge on any atom is 0.170 e. The fourth-order valence-corrected chi connectivity index (χ4v) is 1.52. The van der Waals surface area contributed by atoms with Crippen molar-refractivity contribution >= 4 is 0 Å². The topological polar surface area (TPSA) is 55.5 Å². The van der Waals surface area contributed by atoms with Crippen molar-refractivity contribution in [3.05, 3.63) is 0 Å². The maximum absolute atomic E-state index is 9.43. The van der Waals surface area contributed by atoms with Crippen molar-refractivity contribution in [3.8, 4) is 0 Å². The molecular weight excluding hydrogens is 154 g/mol. The lowest BCUT2D eigenvalue weighted by molar-refractivity contribution is -0.145. The van der Waals surface area contributed by atoms with Crippen LogP contribution in [0.25, 0.3) is 0 Å². The van der Waals surface area contributed by atoms with Gasteiger partial charge < -0.3 is 15.6 Å². The van der Waals surface area contributed by atoms with E-state index in [1.807, 2.05) is 6.92 Å². The number of aliphatic hydroxyl groups excluding tert-OH is 1. The zero-order chi connectivity index (χ0) is 8.97. The van der Waals surface area contributed by atoms with Crippen LogP contribution in [0.5, 0.6) is 0 Å². The normalized spacial score (nSPS) is 24.2. The summed E-state index contributed by atoms with van der Waals surface area (Å²) in [4.78, 5) is 0. The zero-order valence-corrected chi connectivity index (χ0v) is 7.70. The number of rotatable bonds is 4. The minimum atomic E-state index is -0.766. The average molecular weight is 173 g/mol. The quantitative estimate of drug-likeness (QED) is 0.624. The van der Waals surface area contributed by atoms with Crippen LogP contribution in [0.2, 0.25) is 0 Å². The van der Waals surface area contributed by atoms with Gasteiger partial charge in [0, 0.05) is 0 Å². The molecule has 1 fully saturated rings. The van der Waals surface area contributed by atoms with E-state index >= 15 is 0 Å². The van der Waals surface area contributed by atoms with Crippen molar-refractivity contribution in [1.82, 2.24) is 0 Å². The van der Waals surface area contributed by atoms with Crippen molar-refractivity contribution < 1.29 is 9.84 Å². The molecule has 0 saturated heterocycles. The summed E-state index contributed by atoms with van der Waals surface area (Å²) in [5.41, 5.74) is 5.62. The Morgan fingerprint density at radius 3 is 2.58 bits per heavy atom. The summed E-state index contributed by atoms with van der Waals surface area (Å²) in [6, 6.07) is -0.231. The van der Waals surface area contributed by atoms with Gasteiger partial charge in [0.05, 0.1) is 12.1 Å². The van der Waals surface area contributed by atoms with Gasteiger partial charge in [-0.05, 0) is 19.3 Å². The highest BCUT2D eigenvalue weighted by Crippen LogP contribution is 2.22. The van der Waals surface area contributed by atoms with Crippen LogP contribution in [0.1, 0.15) is 39.0 Å². The van der Waals surface area contributed by atoms with E-state index in [2.05, 4.69) is 0 Å². The Kier molecular flexibility index (Phi) is 3.98. The van der Waals surface area contributed by atoms with Gasteiger partial charge in [0.2, 0.25) is 0 Å². The van der Waals surface area contributed by atoms with E-state index in [0.29, 0.717) is 0 Å². The Bertz CT molecular complexity index is 124. The predicted molar refractivity (Wildman–Crippen MR) is 47.6 cm³/mol. The highest BCUT2D eigenvalue weighted by molar-refractivity contribution is 4.70. The second kappa shape index (κ2) is 4.80. The van der Waals surface area contributed by atoms with Gasteiger partial charge >= 0.3 is 0 Å². The molecule has 1 rings (SSSR count). The molecule has 1 aliphatic carbocycles. The van der Waals surface area contributed by atoms with Crippen LogP contribution in [0.3, 0.4) is 0 Å². The Labute approximate surface area is 73.9 Å². The standard InChI is InChI=1S/C9H19NO2/c1-2-8(10)9(11)12-7-5-3-4-6-7/h7-9,11H,2-6,10H2,1H3. The van der Waals surface area contributed by atoms with Crippen LogP contribution in [-0.4, -0.2) is 23.5 Å². The third kappa shape index (κ3) is 2.73. The van der Waals surface area contributed by atoms with Crippen molar-refractivity contribution in [1.29, 1.82) is 0 Å². The van der Waals surface area contributed by atoms with Gasteiger partial charge in [0.25, 0.3) is 0 Å². The Hall–Kier alpha value is -0.120. The molecule has 3 heteroatoms. The molecular formula is C9H19NO2. The summed E-state index contributed by atoms with van der Waals surface area (Å²) in [5, 5.41) is 9.43. The molecule has 1 aliphatic rings. The van der Waals surface area contributed by atoms with Crippen LogP contribution in [-0.2, 0) is 4.74 Å². The first kappa shape index (κ1) is 9.96. The van der Waals surface area contributed by atoms with Gasteiger partial charge in [-0.3, -0.25) is 0 Å².